The molecule has 0 aliphatic rings. The van der Waals surface area contributed by atoms with Crippen molar-refractivity contribution in [2.24, 2.45) is 0 Å². The van der Waals surface area contributed by atoms with Crippen LogP contribution in [-0.2, 0) is 25.2 Å². The van der Waals surface area contributed by atoms with Gasteiger partial charge in [0.15, 0.2) is 0 Å². The fourth-order valence-electron chi connectivity index (χ4n) is 2.23. The summed E-state index contributed by atoms with van der Waals surface area (Å²) in [5.74, 6) is -0.448. The number of amides is 1. The van der Waals surface area contributed by atoms with Crippen LogP contribution in [0.3, 0.4) is 0 Å². The van der Waals surface area contributed by atoms with Crippen molar-refractivity contribution in [2.75, 3.05) is 0 Å². The second kappa shape index (κ2) is 7.46. The second-order valence-corrected chi connectivity index (χ2v) is 8.12. The van der Waals surface area contributed by atoms with Crippen molar-refractivity contribution in [3.05, 3.63) is 41.5 Å². The molecule has 0 saturated heterocycles. The standard InChI is InChI=1S/C17H25NO5S/c1-7-15(23-18-16(19)11(2)3)13-10-12(24(20,21)22)8-9-14(13)17(4,5)6/h8-10,15H,2,7H2,1,3-6H3,(H,18,19)(H,20,21,22). The lowest BCUT2D eigenvalue weighted by Crippen LogP contribution is -2.27. The van der Waals surface area contributed by atoms with Gasteiger partial charge in [0, 0.05) is 5.57 Å². The maximum atomic E-state index is 11.6. The number of benzene rings is 1. The molecule has 0 spiro atoms. The molecule has 1 rings (SSSR count). The molecule has 0 fully saturated rings. The number of hydroxylamine groups is 1. The van der Waals surface area contributed by atoms with Gasteiger partial charge in [-0.1, -0.05) is 40.3 Å². The molecule has 0 aliphatic carbocycles. The van der Waals surface area contributed by atoms with E-state index in [0.717, 1.165) is 5.56 Å². The van der Waals surface area contributed by atoms with Crippen molar-refractivity contribution >= 4 is 16.0 Å². The minimum absolute atomic E-state index is 0.209. The van der Waals surface area contributed by atoms with Crippen molar-refractivity contribution in [3.63, 3.8) is 0 Å². The number of hydrogen-bond acceptors (Lipinski definition) is 4. The van der Waals surface area contributed by atoms with Gasteiger partial charge in [-0.15, -0.1) is 0 Å². The van der Waals surface area contributed by atoms with Crippen LogP contribution in [0.25, 0.3) is 0 Å². The summed E-state index contributed by atoms with van der Waals surface area (Å²) < 4.78 is 32.2. The molecule has 7 heteroatoms. The summed E-state index contributed by atoms with van der Waals surface area (Å²) in [6.07, 6.45) is -0.0710. The number of carbonyl (C=O) groups excluding carboxylic acids is 1. The Bertz CT molecular complexity index is 732. The van der Waals surface area contributed by atoms with E-state index in [1.807, 2.05) is 27.7 Å². The van der Waals surface area contributed by atoms with E-state index in [1.54, 1.807) is 13.0 Å². The topological polar surface area (TPSA) is 92.7 Å². The molecule has 1 unspecified atom stereocenters. The fraction of sp³-hybridized carbons (Fsp3) is 0.471. The molecule has 1 amide bonds. The molecule has 0 bridgehead atoms. The third kappa shape index (κ3) is 5.15. The number of hydrogen-bond donors (Lipinski definition) is 2. The lowest BCUT2D eigenvalue weighted by Gasteiger charge is -2.27. The van der Waals surface area contributed by atoms with Gasteiger partial charge in [0.1, 0.15) is 6.10 Å². The second-order valence-electron chi connectivity index (χ2n) is 6.70. The molecular formula is C17H25NO5S. The average Bonchev–Trinajstić information content (AvgIpc) is 2.45. The van der Waals surface area contributed by atoms with E-state index >= 15 is 0 Å². The first-order valence-electron chi connectivity index (χ1n) is 7.61. The largest absolute Gasteiger partial charge is 0.294 e. The Balaban J connectivity index is 3.34. The lowest BCUT2D eigenvalue weighted by atomic mass is 9.82. The van der Waals surface area contributed by atoms with Gasteiger partial charge in [0.25, 0.3) is 16.0 Å². The van der Waals surface area contributed by atoms with E-state index in [0.29, 0.717) is 17.6 Å². The van der Waals surface area contributed by atoms with E-state index in [-0.39, 0.29) is 10.3 Å². The highest BCUT2D eigenvalue weighted by molar-refractivity contribution is 7.85. The van der Waals surface area contributed by atoms with Crippen LogP contribution in [0.5, 0.6) is 0 Å². The summed E-state index contributed by atoms with van der Waals surface area (Å²) in [7, 11) is -4.33. The van der Waals surface area contributed by atoms with Gasteiger partial charge in [-0.3, -0.25) is 14.2 Å². The zero-order valence-corrected chi connectivity index (χ0v) is 15.5. The van der Waals surface area contributed by atoms with E-state index in [9.17, 15) is 17.8 Å². The Morgan fingerprint density at radius 3 is 2.38 bits per heavy atom. The molecule has 1 aromatic rings. The highest BCUT2D eigenvalue weighted by Crippen LogP contribution is 2.34. The molecule has 24 heavy (non-hydrogen) atoms. The molecular weight excluding hydrogens is 330 g/mol. The van der Waals surface area contributed by atoms with Gasteiger partial charge in [0.2, 0.25) is 0 Å². The summed E-state index contributed by atoms with van der Waals surface area (Å²) in [6.45, 7) is 12.9. The van der Waals surface area contributed by atoms with Crippen molar-refractivity contribution in [1.82, 2.24) is 5.48 Å². The number of nitrogens with one attached hydrogen (secondary N) is 1. The Kier molecular flexibility index (Phi) is 6.32. The van der Waals surface area contributed by atoms with Crippen LogP contribution in [0.1, 0.15) is 58.3 Å². The lowest BCUT2D eigenvalue weighted by molar-refractivity contribution is -0.135. The van der Waals surface area contributed by atoms with Crippen LogP contribution in [0.15, 0.2) is 35.2 Å². The minimum Gasteiger partial charge on any atom is -0.282 e. The fourth-order valence-corrected chi connectivity index (χ4v) is 2.75. The van der Waals surface area contributed by atoms with Crippen LogP contribution < -0.4 is 5.48 Å². The Labute approximate surface area is 143 Å². The molecule has 0 aromatic heterocycles. The number of rotatable bonds is 6. The zero-order chi connectivity index (χ0) is 18.7. The summed E-state index contributed by atoms with van der Waals surface area (Å²) in [5, 5.41) is 0. The van der Waals surface area contributed by atoms with Gasteiger partial charge in [0.05, 0.1) is 4.90 Å². The first-order valence-corrected chi connectivity index (χ1v) is 9.05. The first-order chi connectivity index (χ1) is 10.9. The third-order valence-corrected chi connectivity index (χ3v) is 4.38. The highest BCUT2D eigenvalue weighted by atomic mass is 32.2. The Morgan fingerprint density at radius 1 is 1.38 bits per heavy atom. The molecule has 0 saturated carbocycles. The van der Waals surface area contributed by atoms with Crippen molar-refractivity contribution < 1.29 is 22.6 Å². The molecule has 0 heterocycles. The summed E-state index contributed by atoms with van der Waals surface area (Å²) in [4.78, 5) is 16.9. The predicted octanol–water partition coefficient (Wildman–Crippen LogP) is 3.31. The van der Waals surface area contributed by atoms with Crippen molar-refractivity contribution in [3.8, 4) is 0 Å². The highest BCUT2D eigenvalue weighted by Gasteiger charge is 2.25. The normalized spacial score (nSPS) is 13.4. The maximum Gasteiger partial charge on any atom is 0.294 e. The Hall–Kier alpha value is -1.70. The molecule has 6 nitrogen and oxygen atoms in total. The average molecular weight is 355 g/mol. The van der Waals surface area contributed by atoms with Crippen LogP contribution in [-0.4, -0.2) is 18.9 Å². The third-order valence-electron chi connectivity index (χ3n) is 3.53. The zero-order valence-electron chi connectivity index (χ0n) is 14.7. The molecule has 1 atom stereocenters. The van der Waals surface area contributed by atoms with Gasteiger partial charge >= 0.3 is 0 Å². The number of carbonyl (C=O) groups is 1. The van der Waals surface area contributed by atoms with Gasteiger partial charge in [-0.2, -0.15) is 8.42 Å². The van der Waals surface area contributed by atoms with Crippen molar-refractivity contribution in [1.29, 1.82) is 0 Å². The molecule has 0 radical (unpaired) electrons. The minimum atomic E-state index is -4.33. The van der Waals surface area contributed by atoms with E-state index in [4.69, 9.17) is 4.84 Å². The van der Waals surface area contributed by atoms with Crippen molar-refractivity contribution in [2.45, 2.75) is 57.5 Å². The molecule has 134 valence electrons. The van der Waals surface area contributed by atoms with Crippen LogP contribution in [0.2, 0.25) is 0 Å². The van der Waals surface area contributed by atoms with Gasteiger partial charge in [-0.25, -0.2) is 5.48 Å². The van der Waals surface area contributed by atoms with E-state index in [1.165, 1.54) is 12.1 Å². The Morgan fingerprint density at radius 2 is 1.96 bits per heavy atom. The van der Waals surface area contributed by atoms with E-state index < -0.39 is 22.1 Å². The maximum absolute atomic E-state index is 11.6. The molecule has 1 aromatic carbocycles. The van der Waals surface area contributed by atoms with Crippen LogP contribution in [0, 0.1) is 0 Å². The van der Waals surface area contributed by atoms with Gasteiger partial charge in [-0.05, 0) is 42.0 Å². The predicted molar refractivity (Wildman–Crippen MR) is 92.0 cm³/mol. The quantitative estimate of drug-likeness (QED) is 0.464. The van der Waals surface area contributed by atoms with E-state index in [2.05, 4.69) is 12.1 Å². The smallest absolute Gasteiger partial charge is 0.282 e. The van der Waals surface area contributed by atoms with Gasteiger partial charge < -0.3 is 0 Å². The summed E-state index contributed by atoms with van der Waals surface area (Å²) in [5.41, 5.74) is 3.81. The van der Waals surface area contributed by atoms with Crippen LogP contribution in [0.4, 0.5) is 0 Å². The molecule has 0 aliphatic heterocycles. The van der Waals surface area contributed by atoms with Crippen LogP contribution >= 0.6 is 0 Å². The monoisotopic (exact) mass is 355 g/mol. The summed E-state index contributed by atoms with van der Waals surface area (Å²) >= 11 is 0. The first kappa shape index (κ1) is 20.3. The molecule has 2 N–H and O–H groups in total. The summed E-state index contributed by atoms with van der Waals surface area (Å²) in [6, 6.07) is 4.40. The SMILES string of the molecule is C=C(C)C(=O)NOC(CC)c1cc(S(=O)(=O)O)ccc1C(C)(C)C.